The van der Waals surface area contributed by atoms with E-state index in [4.69, 9.17) is 9.72 Å². The van der Waals surface area contributed by atoms with Gasteiger partial charge in [-0.15, -0.1) is 0 Å². The normalized spacial score (nSPS) is 21.3. The molecule has 0 spiro atoms. The highest BCUT2D eigenvalue weighted by molar-refractivity contribution is 7.19. The van der Waals surface area contributed by atoms with Gasteiger partial charge < -0.3 is 25.0 Å². The minimum Gasteiger partial charge on any atom is -0.394 e. The zero-order valence-corrected chi connectivity index (χ0v) is 19.9. The molecule has 2 atom stereocenters. The van der Waals surface area contributed by atoms with Gasteiger partial charge in [-0.05, 0) is 44.2 Å². The molecular weight excluding hydrogens is 442 g/mol. The topological polar surface area (TPSA) is 108 Å². The second kappa shape index (κ2) is 8.66. The molecule has 33 heavy (non-hydrogen) atoms. The molecule has 10 heteroatoms. The highest BCUT2D eigenvalue weighted by atomic mass is 32.1. The van der Waals surface area contributed by atoms with Crippen LogP contribution in [0.5, 0.6) is 0 Å². The van der Waals surface area contributed by atoms with Crippen LogP contribution in [0.15, 0.2) is 6.07 Å². The summed E-state index contributed by atoms with van der Waals surface area (Å²) in [6, 6.07) is 1.92. The van der Waals surface area contributed by atoms with E-state index in [9.17, 15) is 14.7 Å². The summed E-state index contributed by atoms with van der Waals surface area (Å²) in [6.45, 7) is 7.41. The van der Waals surface area contributed by atoms with E-state index in [1.165, 1.54) is 31.1 Å². The number of ether oxygens (including phenoxy) is 1. The van der Waals surface area contributed by atoms with Gasteiger partial charge in [-0.25, -0.2) is 9.97 Å². The van der Waals surface area contributed by atoms with Crippen LogP contribution in [0, 0.1) is 12.8 Å². The highest BCUT2D eigenvalue weighted by Gasteiger charge is 2.42. The minimum atomic E-state index is -0.259. The Bertz CT molecular complexity index is 1100. The van der Waals surface area contributed by atoms with Crippen molar-refractivity contribution in [3.05, 3.63) is 22.9 Å². The number of thiazole rings is 1. The van der Waals surface area contributed by atoms with Gasteiger partial charge in [0.25, 0.3) is 5.91 Å². The fourth-order valence-corrected chi connectivity index (χ4v) is 5.72. The summed E-state index contributed by atoms with van der Waals surface area (Å²) in [5.41, 5.74) is 3.09. The number of anilines is 2. The van der Waals surface area contributed by atoms with Crippen molar-refractivity contribution in [3.63, 3.8) is 0 Å². The number of nitrogens with one attached hydrogen (secondary N) is 1. The number of hydrogen-bond donors (Lipinski definition) is 2. The molecule has 2 fully saturated rings. The van der Waals surface area contributed by atoms with E-state index >= 15 is 0 Å². The quantitative estimate of drug-likeness (QED) is 0.666. The van der Waals surface area contributed by atoms with E-state index in [1.807, 2.05) is 22.8 Å². The third kappa shape index (κ3) is 4.11. The molecule has 2 amide bonds. The summed E-state index contributed by atoms with van der Waals surface area (Å²) in [5, 5.41) is 13.3. The van der Waals surface area contributed by atoms with Crippen molar-refractivity contribution in [2.45, 2.75) is 52.2 Å². The molecule has 0 bridgehead atoms. The van der Waals surface area contributed by atoms with E-state index in [0.717, 1.165) is 21.8 Å². The summed E-state index contributed by atoms with van der Waals surface area (Å²) in [7, 11) is 0. The molecule has 1 saturated carbocycles. The molecule has 2 aromatic heterocycles. The summed E-state index contributed by atoms with van der Waals surface area (Å²) in [6.07, 6.45) is 2.33. The fourth-order valence-electron chi connectivity index (χ4n) is 4.75. The third-order valence-electron chi connectivity index (χ3n) is 6.72. The second-order valence-corrected chi connectivity index (χ2v) is 10.1. The molecule has 0 unspecified atom stereocenters. The maximum Gasteiger partial charge on any atom is 0.258 e. The molecule has 0 radical (unpaired) electrons. The van der Waals surface area contributed by atoms with E-state index in [1.54, 1.807) is 0 Å². The van der Waals surface area contributed by atoms with Crippen LogP contribution in [0.4, 0.5) is 10.9 Å². The number of aryl methyl sites for hydroxylation is 1. The van der Waals surface area contributed by atoms with Crippen LogP contribution in [0.2, 0.25) is 0 Å². The molecule has 5 rings (SSSR count). The number of pyridine rings is 1. The number of hydrogen-bond acceptors (Lipinski definition) is 8. The maximum absolute atomic E-state index is 13.6. The van der Waals surface area contributed by atoms with Crippen LogP contribution in [0.25, 0.3) is 10.6 Å². The molecule has 2 N–H and O–H groups in total. The lowest BCUT2D eigenvalue weighted by molar-refractivity contribution is -0.114. The van der Waals surface area contributed by atoms with Gasteiger partial charge in [0.15, 0.2) is 5.13 Å². The first-order valence-corrected chi connectivity index (χ1v) is 12.2. The number of aliphatic hydroxyl groups is 1. The molecule has 1 aliphatic carbocycles. The van der Waals surface area contributed by atoms with Crippen LogP contribution in [0.3, 0.4) is 0 Å². The summed E-state index contributed by atoms with van der Waals surface area (Å²) >= 11 is 1.37. The number of rotatable bonds is 6. The Morgan fingerprint density at radius 2 is 2.18 bits per heavy atom. The molecule has 0 aromatic carbocycles. The average Bonchev–Trinajstić information content (AvgIpc) is 3.51. The van der Waals surface area contributed by atoms with Gasteiger partial charge in [0.2, 0.25) is 5.91 Å². The van der Waals surface area contributed by atoms with Crippen molar-refractivity contribution in [2.24, 2.45) is 5.92 Å². The number of nitrogens with zero attached hydrogens (tertiary/aromatic N) is 4. The Labute approximate surface area is 196 Å². The zero-order chi connectivity index (χ0) is 23.3. The largest absolute Gasteiger partial charge is 0.394 e. The summed E-state index contributed by atoms with van der Waals surface area (Å²) in [4.78, 5) is 39.4. The van der Waals surface area contributed by atoms with Gasteiger partial charge in [0.05, 0.1) is 47.7 Å². The van der Waals surface area contributed by atoms with Crippen molar-refractivity contribution in [3.8, 4) is 10.6 Å². The molecule has 1 saturated heterocycles. The Morgan fingerprint density at radius 3 is 2.88 bits per heavy atom. The number of fused-ring (bicyclic) bond motifs is 1. The molecule has 2 aromatic rings. The van der Waals surface area contributed by atoms with Gasteiger partial charge in [0, 0.05) is 26.1 Å². The molecular formula is C23H29N5O4S. The van der Waals surface area contributed by atoms with E-state index < -0.39 is 0 Å². The van der Waals surface area contributed by atoms with Crippen LogP contribution < -0.4 is 10.2 Å². The van der Waals surface area contributed by atoms with E-state index in [-0.39, 0.29) is 30.5 Å². The van der Waals surface area contributed by atoms with Crippen LogP contribution in [-0.4, -0.2) is 70.2 Å². The number of carbonyl (C=O) groups is 2. The zero-order valence-electron chi connectivity index (χ0n) is 19.1. The van der Waals surface area contributed by atoms with Gasteiger partial charge in [-0.1, -0.05) is 11.3 Å². The summed E-state index contributed by atoms with van der Waals surface area (Å²) in [5.74, 6) is 1.01. The number of aliphatic hydroxyl groups excluding tert-OH is 1. The fraction of sp³-hybridized carbons (Fsp3) is 0.565. The van der Waals surface area contributed by atoms with Gasteiger partial charge in [-0.3, -0.25) is 9.59 Å². The van der Waals surface area contributed by atoms with Gasteiger partial charge >= 0.3 is 0 Å². The van der Waals surface area contributed by atoms with Crippen molar-refractivity contribution in [2.75, 3.05) is 36.6 Å². The first kappa shape index (κ1) is 22.2. The third-order valence-corrected chi connectivity index (χ3v) is 7.81. The van der Waals surface area contributed by atoms with Crippen LogP contribution >= 0.6 is 11.3 Å². The van der Waals surface area contributed by atoms with Crippen LogP contribution in [0.1, 0.15) is 48.3 Å². The number of aromatic nitrogens is 2. The first-order valence-electron chi connectivity index (χ1n) is 11.4. The predicted octanol–water partition coefficient (Wildman–Crippen LogP) is 2.42. The van der Waals surface area contributed by atoms with Gasteiger partial charge in [-0.2, -0.15) is 0 Å². The van der Waals surface area contributed by atoms with E-state index in [0.29, 0.717) is 48.7 Å². The lowest BCUT2D eigenvalue weighted by atomic mass is 10.1. The number of amides is 2. The molecule has 2 aliphatic heterocycles. The Hall–Kier alpha value is -2.56. The lowest BCUT2D eigenvalue weighted by Crippen LogP contribution is -2.48. The smallest absolute Gasteiger partial charge is 0.258 e. The predicted molar refractivity (Wildman–Crippen MR) is 125 cm³/mol. The first-order chi connectivity index (χ1) is 15.9. The standard InChI is InChI=1S/C23H29N5O4S/c1-12-20(33-23(24-12)25-14(3)30)18-8-16-9-28(13(2)15-4-5-15)22(31)19(16)21(26-18)27-6-7-32-11-17(27)10-29/h8,13,15,17,29H,4-7,9-11H2,1-3H3,(H,24,25,30)/t13-,17+/m0/s1. The van der Waals surface area contributed by atoms with Crippen molar-refractivity contribution >= 4 is 34.1 Å². The molecule has 3 aliphatic rings. The maximum atomic E-state index is 13.6. The van der Waals surface area contributed by atoms with Crippen LogP contribution in [-0.2, 0) is 16.1 Å². The lowest BCUT2D eigenvalue weighted by Gasteiger charge is -2.36. The minimum absolute atomic E-state index is 0.0154. The SMILES string of the molecule is CC(=O)Nc1nc(C)c(-c2cc3c(c(N4CCOC[C@H]4CO)n2)C(=O)N([C@@H](C)C2CC2)C3)s1. The summed E-state index contributed by atoms with van der Waals surface area (Å²) < 4.78 is 5.57. The van der Waals surface area contributed by atoms with Gasteiger partial charge in [0.1, 0.15) is 5.82 Å². The van der Waals surface area contributed by atoms with Crippen molar-refractivity contribution in [1.82, 2.24) is 14.9 Å². The van der Waals surface area contributed by atoms with Crippen molar-refractivity contribution in [1.29, 1.82) is 0 Å². The second-order valence-electron chi connectivity index (χ2n) is 9.10. The average molecular weight is 472 g/mol. The Kier molecular flexibility index (Phi) is 5.84. The molecule has 9 nitrogen and oxygen atoms in total. The number of morpholine rings is 1. The molecule has 4 heterocycles. The Balaban J connectivity index is 1.60. The van der Waals surface area contributed by atoms with Crippen molar-refractivity contribution < 1.29 is 19.4 Å². The number of carbonyl (C=O) groups excluding carboxylic acids is 2. The Morgan fingerprint density at radius 1 is 1.39 bits per heavy atom. The van der Waals surface area contributed by atoms with E-state index in [2.05, 4.69) is 17.2 Å². The molecule has 176 valence electrons. The highest BCUT2D eigenvalue weighted by Crippen LogP contribution is 2.42. The monoisotopic (exact) mass is 471 g/mol.